The lowest BCUT2D eigenvalue weighted by Gasteiger charge is -2.28. The van der Waals surface area contributed by atoms with Gasteiger partial charge < -0.3 is 16.0 Å². The van der Waals surface area contributed by atoms with E-state index in [1.807, 2.05) is 86.3 Å². The van der Waals surface area contributed by atoms with E-state index in [1.54, 1.807) is 4.68 Å². The van der Waals surface area contributed by atoms with Gasteiger partial charge in [0.05, 0.1) is 29.6 Å². The highest BCUT2D eigenvalue weighted by Gasteiger charge is 2.18. The Hall–Kier alpha value is -4.15. The Bertz CT molecular complexity index is 1180. The van der Waals surface area contributed by atoms with Crippen molar-refractivity contribution in [3.05, 3.63) is 96.4 Å². The van der Waals surface area contributed by atoms with Crippen LogP contribution in [0.25, 0.3) is 11.1 Å². The van der Waals surface area contributed by atoms with E-state index in [2.05, 4.69) is 38.2 Å². The van der Waals surface area contributed by atoms with Crippen molar-refractivity contribution in [3.8, 4) is 17.2 Å². The van der Waals surface area contributed by atoms with Gasteiger partial charge in [0.2, 0.25) is 0 Å². The Morgan fingerprint density at radius 2 is 1.79 bits per heavy atom. The summed E-state index contributed by atoms with van der Waals surface area (Å²) in [7, 11) is 1.91. The zero-order chi connectivity index (χ0) is 23.6. The van der Waals surface area contributed by atoms with Crippen LogP contribution in [0.15, 0.2) is 85.3 Å². The van der Waals surface area contributed by atoms with E-state index in [0.717, 1.165) is 48.7 Å². The number of rotatable bonds is 6. The molecule has 0 fully saturated rings. The van der Waals surface area contributed by atoms with Crippen LogP contribution in [0.5, 0.6) is 0 Å². The van der Waals surface area contributed by atoms with E-state index >= 15 is 0 Å². The number of benzene rings is 2. The number of fused-ring (bicyclic) bond motifs is 1. The van der Waals surface area contributed by atoms with Crippen LogP contribution in [0, 0.1) is 11.3 Å². The first-order chi connectivity index (χ1) is 16.7. The van der Waals surface area contributed by atoms with Gasteiger partial charge >= 0.3 is 0 Å². The summed E-state index contributed by atoms with van der Waals surface area (Å²) >= 11 is 0. The van der Waals surface area contributed by atoms with Crippen LogP contribution in [-0.2, 0) is 13.5 Å². The van der Waals surface area contributed by atoms with Gasteiger partial charge in [0.25, 0.3) is 0 Å². The maximum atomic E-state index is 8.85. The molecular formula is C27H29N7. The fraction of sp³-hybridized carbons (Fsp3) is 0.222. The number of nitrogens with zero attached hydrogens (tertiary/aromatic N) is 4. The van der Waals surface area contributed by atoms with Gasteiger partial charge in [-0.2, -0.15) is 10.4 Å². The Morgan fingerprint density at radius 1 is 1.06 bits per heavy atom. The zero-order valence-electron chi connectivity index (χ0n) is 19.3. The molecule has 1 atom stereocenters. The summed E-state index contributed by atoms with van der Waals surface area (Å²) in [6, 6.07) is 24.3. The summed E-state index contributed by atoms with van der Waals surface area (Å²) in [4.78, 5) is 4.58. The number of aryl methyl sites for hydroxylation is 1. The predicted molar refractivity (Wildman–Crippen MR) is 137 cm³/mol. The number of pyridine rings is 1. The summed E-state index contributed by atoms with van der Waals surface area (Å²) in [6.45, 7) is 2.59. The third kappa shape index (κ3) is 6.44. The van der Waals surface area contributed by atoms with Gasteiger partial charge in [0.1, 0.15) is 5.82 Å². The summed E-state index contributed by atoms with van der Waals surface area (Å²) in [6.07, 6.45) is 6.65. The van der Waals surface area contributed by atoms with Crippen molar-refractivity contribution < 1.29 is 0 Å². The SMILES string of the molecule is Cn1cc(-c2cnc3c(c2)NCC(CNCCc2ccc(C#N)cc2)N3)cn1.c1ccccc1. The number of hydrogen-bond donors (Lipinski definition) is 3. The molecule has 1 unspecified atom stereocenters. The lowest BCUT2D eigenvalue weighted by molar-refractivity contribution is 0.610. The molecule has 5 rings (SSSR count). The van der Waals surface area contributed by atoms with E-state index in [9.17, 15) is 0 Å². The minimum Gasteiger partial charge on any atom is -0.380 e. The monoisotopic (exact) mass is 451 g/mol. The second-order valence-corrected chi connectivity index (χ2v) is 8.16. The molecule has 34 heavy (non-hydrogen) atoms. The van der Waals surface area contributed by atoms with Crippen molar-refractivity contribution in [3.63, 3.8) is 0 Å². The average molecular weight is 452 g/mol. The number of aromatic nitrogens is 3. The molecule has 7 nitrogen and oxygen atoms in total. The quantitative estimate of drug-likeness (QED) is 0.383. The summed E-state index contributed by atoms with van der Waals surface area (Å²) in [5, 5.41) is 23.5. The Balaban J connectivity index is 0.000000398. The first kappa shape index (κ1) is 23.0. The third-order valence-electron chi connectivity index (χ3n) is 5.54. The molecule has 1 aliphatic rings. The highest BCUT2D eigenvalue weighted by molar-refractivity contribution is 5.75. The molecule has 2 aromatic carbocycles. The van der Waals surface area contributed by atoms with E-state index < -0.39 is 0 Å². The Morgan fingerprint density at radius 3 is 2.44 bits per heavy atom. The van der Waals surface area contributed by atoms with E-state index in [0.29, 0.717) is 5.56 Å². The largest absolute Gasteiger partial charge is 0.380 e. The summed E-state index contributed by atoms with van der Waals surface area (Å²) < 4.78 is 1.79. The van der Waals surface area contributed by atoms with E-state index in [-0.39, 0.29) is 6.04 Å². The maximum Gasteiger partial charge on any atom is 0.149 e. The third-order valence-corrected chi connectivity index (χ3v) is 5.54. The van der Waals surface area contributed by atoms with Gasteiger partial charge in [0.15, 0.2) is 0 Å². The number of nitriles is 1. The summed E-state index contributed by atoms with van der Waals surface area (Å²) in [5.74, 6) is 0.887. The standard InChI is InChI=1S/C21H23N7.C6H6/c1-28-14-18(11-26-28)17-8-20-21(25-10-17)27-19(13-24-20)12-23-7-6-15-2-4-16(9-22)5-3-15;1-2-4-6-5-3-1/h2-5,8,10-11,14,19,23-24H,6-7,12-13H2,1H3,(H,25,27);1-6H. The van der Waals surface area contributed by atoms with Crippen LogP contribution in [0.1, 0.15) is 11.1 Å². The van der Waals surface area contributed by atoms with Crippen LogP contribution < -0.4 is 16.0 Å². The average Bonchev–Trinajstić information content (AvgIpc) is 3.34. The van der Waals surface area contributed by atoms with E-state index in [1.165, 1.54) is 5.56 Å². The highest BCUT2D eigenvalue weighted by atomic mass is 15.2. The normalized spacial score (nSPS) is 13.9. The zero-order valence-corrected chi connectivity index (χ0v) is 19.3. The minimum atomic E-state index is 0.283. The van der Waals surface area contributed by atoms with Crippen molar-refractivity contribution in [1.82, 2.24) is 20.1 Å². The van der Waals surface area contributed by atoms with Crippen LogP contribution in [0.4, 0.5) is 11.5 Å². The molecule has 1 aliphatic heterocycles. The van der Waals surface area contributed by atoms with Crippen LogP contribution in [-0.4, -0.2) is 40.4 Å². The minimum absolute atomic E-state index is 0.283. The van der Waals surface area contributed by atoms with Crippen LogP contribution in [0.2, 0.25) is 0 Å². The maximum absolute atomic E-state index is 8.85. The van der Waals surface area contributed by atoms with Crippen molar-refractivity contribution in [2.75, 3.05) is 30.3 Å². The molecule has 0 saturated carbocycles. The molecular weight excluding hydrogens is 422 g/mol. The molecule has 0 saturated heterocycles. The van der Waals surface area contributed by atoms with Crippen molar-refractivity contribution >= 4 is 11.5 Å². The lowest BCUT2D eigenvalue weighted by atomic mass is 10.1. The number of nitrogens with one attached hydrogen (secondary N) is 3. The van der Waals surface area contributed by atoms with Gasteiger partial charge in [-0.1, -0.05) is 48.5 Å². The molecule has 0 bridgehead atoms. The first-order valence-corrected chi connectivity index (χ1v) is 11.4. The van der Waals surface area contributed by atoms with Gasteiger partial charge in [-0.05, 0) is 36.7 Å². The Kier molecular flexibility index (Phi) is 7.88. The fourth-order valence-corrected chi connectivity index (χ4v) is 3.68. The van der Waals surface area contributed by atoms with Crippen LogP contribution in [0.3, 0.4) is 0 Å². The lowest BCUT2D eigenvalue weighted by Crippen LogP contribution is -2.41. The fourth-order valence-electron chi connectivity index (χ4n) is 3.68. The van der Waals surface area contributed by atoms with Crippen molar-refractivity contribution in [1.29, 1.82) is 5.26 Å². The van der Waals surface area contributed by atoms with Gasteiger partial charge in [-0.3, -0.25) is 4.68 Å². The van der Waals surface area contributed by atoms with Crippen molar-refractivity contribution in [2.24, 2.45) is 7.05 Å². The molecule has 3 heterocycles. The number of anilines is 2. The molecule has 0 radical (unpaired) electrons. The van der Waals surface area contributed by atoms with E-state index in [4.69, 9.17) is 5.26 Å². The molecule has 7 heteroatoms. The predicted octanol–water partition coefficient (Wildman–Crippen LogP) is 4.08. The summed E-state index contributed by atoms with van der Waals surface area (Å²) in [5.41, 5.74) is 5.07. The van der Waals surface area contributed by atoms with Gasteiger partial charge in [-0.25, -0.2) is 4.98 Å². The molecule has 0 spiro atoms. The second kappa shape index (κ2) is 11.6. The molecule has 0 aliphatic carbocycles. The smallest absolute Gasteiger partial charge is 0.149 e. The highest BCUT2D eigenvalue weighted by Crippen LogP contribution is 2.29. The second-order valence-electron chi connectivity index (χ2n) is 8.16. The topological polar surface area (TPSA) is 90.6 Å². The molecule has 4 aromatic rings. The molecule has 172 valence electrons. The Labute approximate surface area is 200 Å². The molecule has 2 aromatic heterocycles. The number of hydrogen-bond acceptors (Lipinski definition) is 6. The van der Waals surface area contributed by atoms with Crippen molar-refractivity contribution in [2.45, 2.75) is 12.5 Å². The first-order valence-electron chi connectivity index (χ1n) is 11.4. The molecule has 0 amide bonds. The van der Waals surface area contributed by atoms with Gasteiger partial charge in [-0.15, -0.1) is 0 Å². The molecule has 3 N–H and O–H groups in total. The van der Waals surface area contributed by atoms with Gasteiger partial charge in [0, 0.05) is 43.7 Å². The van der Waals surface area contributed by atoms with Crippen LogP contribution >= 0.6 is 0 Å².